The molecule has 0 aromatic heterocycles. The van der Waals surface area contributed by atoms with E-state index in [9.17, 15) is 8.42 Å². The number of anilines is 1. The number of hydrogen-bond donors (Lipinski definition) is 0. The zero-order valence-corrected chi connectivity index (χ0v) is 19.3. The second kappa shape index (κ2) is 9.24. The molecular formula is C29H27NO2S. The first-order chi connectivity index (χ1) is 16.1. The number of sulfone groups is 1. The second-order valence-corrected chi connectivity index (χ2v) is 10.8. The zero-order valence-electron chi connectivity index (χ0n) is 18.5. The Balaban J connectivity index is 1.48. The van der Waals surface area contributed by atoms with E-state index in [2.05, 4.69) is 59.5 Å². The molecule has 0 N–H and O–H groups in total. The Bertz CT molecular complexity index is 1320. The smallest absolute Gasteiger partial charge is 0.178 e. The molecular weight excluding hydrogens is 426 g/mol. The minimum absolute atomic E-state index is 0.0254. The summed E-state index contributed by atoms with van der Waals surface area (Å²) in [6.45, 7) is 1.49. The maximum Gasteiger partial charge on any atom is 0.178 e. The Morgan fingerprint density at radius 3 is 2.06 bits per heavy atom. The summed E-state index contributed by atoms with van der Waals surface area (Å²) < 4.78 is 26.3. The van der Waals surface area contributed by atoms with Crippen LogP contribution in [0.1, 0.15) is 11.1 Å². The van der Waals surface area contributed by atoms with Crippen molar-refractivity contribution in [2.75, 3.05) is 17.2 Å². The molecule has 4 aromatic rings. The SMILES string of the molecule is O=S(=O)(C[C@@H]1Cc2cc(-c3ccccc3)ccc2N(Cc2ccccc2)C1)c1ccccc1. The lowest BCUT2D eigenvalue weighted by Gasteiger charge is -2.36. The molecule has 166 valence electrons. The number of nitrogens with zero attached hydrogens (tertiary/aromatic N) is 1. The highest BCUT2D eigenvalue weighted by Gasteiger charge is 2.29. The fraction of sp³-hybridized carbons (Fsp3) is 0.172. The average Bonchev–Trinajstić information content (AvgIpc) is 2.85. The molecule has 0 spiro atoms. The van der Waals surface area contributed by atoms with Crippen LogP contribution < -0.4 is 4.90 Å². The minimum Gasteiger partial charge on any atom is -0.367 e. The van der Waals surface area contributed by atoms with E-state index in [1.54, 1.807) is 24.3 Å². The molecule has 0 fully saturated rings. The fourth-order valence-corrected chi connectivity index (χ4v) is 6.36. The fourth-order valence-electron chi connectivity index (χ4n) is 4.75. The van der Waals surface area contributed by atoms with Crippen molar-refractivity contribution in [1.82, 2.24) is 0 Å². The topological polar surface area (TPSA) is 37.4 Å². The lowest BCUT2D eigenvalue weighted by atomic mass is 9.90. The Kier molecular flexibility index (Phi) is 6.01. The molecule has 0 unspecified atom stereocenters. The van der Waals surface area contributed by atoms with Crippen LogP contribution in [0.5, 0.6) is 0 Å². The van der Waals surface area contributed by atoms with Gasteiger partial charge in [-0.1, -0.05) is 84.9 Å². The predicted molar refractivity (Wildman–Crippen MR) is 135 cm³/mol. The van der Waals surface area contributed by atoms with Crippen molar-refractivity contribution in [2.45, 2.75) is 17.9 Å². The molecule has 0 bridgehead atoms. The molecule has 0 saturated heterocycles. The summed E-state index contributed by atoms with van der Waals surface area (Å²) in [5.74, 6) is 0.176. The lowest BCUT2D eigenvalue weighted by Crippen LogP contribution is -2.38. The van der Waals surface area contributed by atoms with Crippen LogP contribution in [0, 0.1) is 5.92 Å². The summed E-state index contributed by atoms with van der Waals surface area (Å²) in [6.07, 6.45) is 0.757. The number of rotatable bonds is 6. The molecule has 4 heteroatoms. The standard InChI is InChI=1S/C29H27NO2S/c31-33(32,28-14-8-3-9-15-28)22-24-18-27-19-26(25-12-6-2-7-13-25)16-17-29(27)30(21-24)20-23-10-4-1-5-11-23/h1-17,19,24H,18,20-22H2/t24-/m1/s1. The van der Waals surface area contributed by atoms with E-state index >= 15 is 0 Å². The van der Waals surface area contributed by atoms with E-state index in [4.69, 9.17) is 0 Å². The van der Waals surface area contributed by atoms with Crippen LogP contribution in [0.15, 0.2) is 114 Å². The van der Waals surface area contributed by atoms with Crippen LogP contribution in [-0.2, 0) is 22.8 Å². The number of fused-ring (bicyclic) bond motifs is 1. The van der Waals surface area contributed by atoms with Crippen molar-refractivity contribution >= 4 is 15.5 Å². The van der Waals surface area contributed by atoms with Crippen molar-refractivity contribution < 1.29 is 8.42 Å². The van der Waals surface area contributed by atoms with Gasteiger partial charge in [-0.2, -0.15) is 0 Å². The van der Waals surface area contributed by atoms with Crippen LogP contribution in [0.3, 0.4) is 0 Å². The zero-order chi connectivity index (χ0) is 22.7. The van der Waals surface area contributed by atoms with Crippen molar-refractivity contribution in [3.05, 3.63) is 120 Å². The van der Waals surface area contributed by atoms with Gasteiger partial charge in [-0.15, -0.1) is 0 Å². The minimum atomic E-state index is -3.35. The third kappa shape index (κ3) is 4.86. The van der Waals surface area contributed by atoms with Crippen LogP contribution in [0.4, 0.5) is 5.69 Å². The van der Waals surface area contributed by atoms with Crippen LogP contribution in [0.2, 0.25) is 0 Å². The molecule has 0 aliphatic carbocycles. The Morgan fingerprint density at radius 1 is 0.727 bits per heavy atom. The maximum absolute atomic E-state index is 13.1. The molecule has 5 rings (SSSR count). The summed E-state index contributed by atoms with van der Waals surface area (Å²) in [6, 6.07) is 36.2. The molecule has 1 aliphatic heterocycles. The van der Waals surface area contributed by atoms with Crippen molar-refractivity contribution in [1.29, 1.82) is 0 Å². The third-order valence-electron chi connectivity index (χ3n) is 6.29. The van der Waals surface area contributed by atoms with Gasteiger partial charge in [0.2, 0.25) is 0 Å². The summed E-state index contributed by atoms with van der Waals surface area (Å²) in [5, 5.41) is 0. The first kappa shape index (κ1) is 21.5. The van der Waals surface area contributed by atoms with Crippen LogP contribution in [-0.4, -0.2) is 20.7 Å². The van der Waals surface area contributed by atoms with Gasteiger partial charge in [0.1, 0.15) is 0 Å². The molecule has 0 amide bonds. The normalized spacial score (nSPS) is 15.8. The monoisotopic (exact) mass is 453 g/mol. The first-order valence-corrected chi connectivity index (χ1v) is 13.0. The summed E-state index contributed by atoms with van der Waals surface area (Å²) in [4.78, 5) is 2.75. The van der Waals surface area contributed by atoms with Crippen molar-refractivity contribution in [3.8, 4) is 11.1 Å². The van der Waals surface area contributed by atoms with Crippen molar-refractivity contribution in [3.63, 3.8) is 0 Å². The van der Waals surface area contributed by atoms with E-state index in [1.165, 1.54) is 27.9 Å². The molecule has 33 heavy (non-hydrogen) atoms. The Labute approximate surface area is 196 Å². The van der Waals surface area contributed by atoms with Gasteiger partial charge < -0.3 is 4.90 Å². The number of hydrogen-bond acceptors (Lipinski definition) is 3. The van der Waals surface area contributed by atoms with Crippen molar-refractivity contribution in [2.24, 2.45) is 5.92 Å². The summed E-state index contributed by atoms with van der Waals surface area (Å²) >= 11 is 0. The van der Waals surface area contributed by atoms with E-state index in [0.717, 1.165) is 19.5 Å². The number of benzene rings is 4. The molecule has 3 nitrogen and oxygen atoms in total. The lowest BCUT2D eigenvalue weighted by molar-refractivity contribution is 0.516. The molecule has 1 aliphatic rings. The van der Waals surface area contributed by atoms with E-state index < -0.39 is 9.84 Å². The largest absolute Gasteiger partial charge is 0.367 e. The van der Waals surface area contributed by atoms with E-state index in [1.807, 2.05) is 30.3 Å². The van der Waals surface area contributed by atoms with E-state index in [0.29, 0.717) is 4.90 Å². The molecule has 0 saturated carbocycles. The predicted octanol–water partition coefficient (Wildman–Crippen LogP) is 6.01. The van der Waals surface area contributed by atoms with Gasteiger partial charge >= 0.3 is 0 Å². The molecule has 1 atom stereocenters. The van der Waals surface area contributed by atoms with Gasteiger partial charge in [0.15, 0.2) is 9.84 Å². The van der Waals surface area contributed by atoms with Gasteiger partial charge in [-0.05, 0) is 58.9 Å². The van der Waals surface area contributed by atoms with Gasteiger partial charge in [0, 0.05) is 18.8 Å². The third-order valence-corrected chi connectivity index (χ3v) is 8.19. The maximum atomic E-state index is 13.1. The van der Waals surface area contributed by atoms with Gasteiger partial charge in [0.05, 0.1) is 10.6 Å². The van der Waals surface area contributed by atoms with Crippen LogP contribution >= 0.6 is 0 Å². The Morgan fingerprint density at radius 2 is 1.36 bits per heavy atom. The molecule has 1 heterocycles. The average molecular weight is 454 g/mol. The molecule has 0 radical (unpaired) electrons. The highest BCUT2D eigenvalue weighted by atomic mass is 32.2. The quantitative estimate of drug-likeness (QED) is 0.359. The second-order valence-electron chi connectivity index (χ2n) is 8.74. The highest BCUT2D eigenvalue weighted by molar-refractivity contribution is 7.91. The van der Waals surface area contributed by atoms with Crippen LogP contribution in [0.25, 0.3) is 11.1 Å². The van der Waals surface area contributed by atoms with Gasteiger partial charge in [-0.3, -0.25) is 0 Å². The van der Waals surface area contributed by atoms with E-state index in [-0.39, 0.29) is 11.7 Å². The first-order valence-electron chi connectivity index (χ1n) is 11.3. The van der Waals surface area contributed by atoms with Gasteiger partial charge in [0.25, 0.3) is 0 Å². The highest BCUT2D eigenvalue weighted by Crippen LogP contribution is 2.35. The van der Waals surface area contributed by atoms with Gasteiger partial charge in [-0.25, -0.2) is 8.42 Å². The molecule has 4 aromatic carbocycles. The summed E-state index contributed by atoms with van der Waals surface area (Å²) in [7, 11) is -3.35. The Hall–Kier alpha value is -3.37. The summed E-state index contributed by atoms with van der Waals surface area (Å²) in [5.41, 5.74) is 5.98.